The van der Waals surface area contributed by atoms with E-state index in [1.54, 1.807) is 0 Å². The molecule has 1 amide bonds. The summed E-state index contributed by atoms with van der Waals surface area (Å²) in [6, 6.07) is 0. The average molecular weight is 295 g/mol. The molecular formula is C10H13N7O4. The number of rotatable bonds is 2. The van der Waals surface area contributed by atoms with Crippen molar-refractivity contribution in [3.63, 3.8) is 0 Å². The van der Waals surface area contributed by atoms with Gasteiger partial charge in [0.15, 0.2) is 23.8 Å². The van der Waals surface area contributed by atoms with Crippen LogP contribution in [0.15, 0.2) is 6.33 Å². The normalized spacial score (nSPS) is 29.0. The molecule has 112 valence electrons. The number of aliphatic hydroxyl groups is 2. The minimum absolute atomic E-state index is 0.0655. The summed E-state index contributed by atoms with van der Waals surface area (Å²) in [7, 11) is 0. The lowest BCUT2D eigenvalue weighted by Crippen LogP contribution is -2.39. The molecule has 0 unspecified atom stereocenters. The molecule has 21 heavy (non-hydrogen) atoms. The first kappa shape index (κ1) is 13.5. The van der Waals surface area contributed by atoms with Gasteiger partial charge < -0.3 is 32.2 Å². The number of primary amides is 1. The molecule has 11 nitrogen and oxygen atoms in total. The largest absolute Gasteiger partial charge is 0.387 e. The molecule has 4 atom stereocenters. The maximum atomic E-state index is 11.2. The molecule has 1 saturated heterocycles. The molecule has 0 aliphatic carbocycles. The molecule has 1 aliphatic heterocycles. The van der Waals surface area contributed by atoms with E-state index in [9.17, 15) is 15.0 Å². The maximum Gasteiger partial charge on any atom is 0.249 e. The predicted molar refractivity (Wildman–Crippen MR) is 69.3 cm³/mol. The third-order valence-electron chi connectivity index (χ3n) is 3.26. The third-order valence-corrected chi connectivity index (χ3v) is 3.26. The van der Waals surface area contributed by atoms with E-state index in [-0.39, 0.29) is 22.9 Å². The molecule has 3 rings (SSSR count). The molecule has 0 aromatic carbocycles. The van der Waals surface area contributed by atoms with Crippen molar-refractivity contribution in [2.75, 3.05) is 11.5 Å². The number of hydrogen-bond acceptors (Lipinski definition) is 9. The zero-order chi connectivity index (χ0) is 15.3. The lowest BCUT2D eigenvalue weighted by atomic mass is 10.1. The predicted octanol–water partition coefficient (Wildman–Crippen LogP) is -2.90. The summed E-state index contributed by atoms with van der Waals surface area (Å²) >= 11 is 0. The Kier molecular flexibility index (Phi) is 2.90. The lowest BCUT2D eigenvalue weighted by molar-refractivity contribution is -0.134. The van der Waals surface area contributed by atoms with Gasteiger partial charge >= 0.3 is 0 Å². The second-order valence-corrected chi connectivity index (χ2v) is 4.62. The number of nitrogens with two attached hydrogens (primary N) is 3. The Labute approximate surface area is 117 Å². The maximum absolute atomic E-state index is 11.2. The van der Waals surface area contributed by atoms with Gasteiger partial charge in [0.05, 0.1) is 6.33 Å². The number of aromatic nitrogens is 4. The van der Waals surface area contributed by atoms with Crippen LogP contribution < -0.4 is 17.2 Å². The number of aliphatic hydroxyl groups excluding tert-OH is 2. The smallest absolute Gasteiger partial charge is 0.249 e. The van der Waals surface area contributed by atoms with E-state index in [2.05, 4.69) is 15.0 Å². The van der Waals surface area contributed by atoms with E-state index >= 15 is 0 Å². The van der Waals surface area contributed by atoms with Gasteiger partial charge in [-0.3, -0.25) is 9.36 Å². The van der Waals surface area contributed by atoms with Gasteiger partial charge in [-0.1, -0.05) is 0 Å². The first-order chi connectivity index (χ1) is 9.90. The first-order valence-electron chi connectivity index (χ1n) is 5.96. The van der Waals surface area contributed by atoms with E-state index < -0.39 is 30.4 Å². The second kappa shape index (κ2) is 4.51. The number of nitrogens with zero attached hydrogens (tertiary/aromatic N) is 4. The number of hydrogen-bond donors (Lipinski definition) is 5. The molecule has 2 aromatic heterocycles. The quantitative estimate of drug-likeness (QED) is 0.386. The number of ether oxygens (including phenoxy) is 1. The van der Waals surface area contributed by atoms with Crippen molar-refractivity contribution in [3.05, 3.63) is 6.33 Å². The van der Waals surface area contributed by atoms with Gasteiger partial charge in [0, 0.05) is 0 Å². The number of carbonyl (C=O) groups excluding carboxylic acids is 1. The highest BCUT2D eigenvalue weighted by Gasteiger charge is 2.47. The van der Waals surface area contributed by atoms with Crippen molar-refractivity contribution in [1.29, 1.82) is 0 Å². The summed E-state index contributed by atoms with van der Waals surface area (Å²) in [5, 5.41) is 19.8. The fraction of sp³-hybridized carbons (Fsp3) is 0.400. The van der Waals surface area contributed by atoms with E-state index in [0.717, 1.165) is 0 Å². The van der Waals surface area contributed by atoms with Crippen molar-refractivity contribution in [1.82, 2.24) is 19.5 Å². The van der Waals surface area contributed by atoms with Gasteiger partial charge in [0.25, 0.3) is 0 Å². The first-order valence-corrected chi connectivity index (χ1v) is 5.96. The topological polar surface area (TPSA) is 188 Å². The summed E-state index contributed by atoms with van der Waals surface area (Å²) in [6.45, 7) is 0. The fourth-order valence-corrected chi connectivity index (χ4v) is 2.27. The Morgan fingerprint density at radius 2 is 2.00 bits per heavy atom. The van der Waals surface area contributed by atoms with Crippen molar-refractivity contribution >= 4 is 28.8 Å². The van der Waals surface area contributed by atoms with Gasteiger partial charge in [-0.2, -0.15) is 9.97 Å². The zero-order valence-electron chi connectivity index (χ0n) is 10.6. The van der Waals surface area contributed by atoms with Gasteiger partial charge in [-0.25, -0.2) is 4.98 Å². The van der Waals surface area contributed by atoms with Crippen LogP contribution in [0.3, 0.4) is 0 Å². The SMILES string of the molecule is NC(=O)[C@H]1O[C@@H](n2cnc3c(N)nc(N)nc32)[C@H](O)[C@@H]1O. The Morgan fingerprint density at radius 3 is 2.62 bits per heavy atom. The van der Waals surface area contributed by atoms with Crippen LogP contribution in [0, 0.1) is 0 Å². The van der Waals surface area contributed by atoms with E-state index in [1.807, 2.05) is 0 Å². The molecule has 1 aliphatic rings. The highest BCUT2D eigenvalue weighted by atomic mass is 16.6. The highest BCUT2D eigenvalue weighted by Crippen LogP contribution is 2.32. The Morgan fingerprint density at radius 1 is 1.29 bits per heavy atom. The van der Waals surface area contributed by atoms with Crippen LogP contribution in [0.1, 0.15) is 6.23 Å². The number of imidazole rings is 1. The van der Waals surface area contributed by atoms with Crippen LogP contribution in [0.4, 0.5) is 11.8 Å². The second-order valence-electron chi connectivity index (χ2n) is 4.62. The minimum Gasteiger partial charge on any atom is -0.387 e. The van der Waals surface area contributed by atoms with Gasteiger partial charge in [-0.15, -0.1) is 0 Å². The molecule has 3 heterocycles. The van der Waals surface area contributed by atoms with Crippen LogP contribution >= 0.6 is 0 Å². The molecule has 2 aromatic rings. The van der Waals surface area contributed by atoms with Gasteiger partial charge in [-0.05, 0) is 0 Å². The molecule has 0 saturated carbocycles. The van der Waals surface area contributed by atoms with Gasteiger partial charge in [0.2, 0.25) is 11.9 Å². The molecule has 1 fully saturated rings. The molecule has 0 bridgehead atoms. The summed E-state index contributed by atoms with van der Waals surface area (Å²) in [5.41, 5.74) is 16.8. The van der Waals surface area contributed by atoms with Crippen LogP contribution in [0.25, 0.3) is 11.2 Å². The monoisotopic (exact) mass is 295 g/mol. The van der Waals surface area contributed by atoms with E-state index in [0.29, 0.717) is 0 Å². The van der Waals surface area contributed by atoms with Gasteiger partial charge in [0.1, 0.15) is 17.7 Å². The van der Waals surface area contributed by atoms with Crippen LogP contribution in [0.2, 0.25) is 0 Å². The highest BCUT2D eigenvalue weighted by molar-refractivity contribution is 5.83. The van der Waals surface area contributed by atoms with Crippen molar-refractivity contribution < 1.29 is 19.7 Å². The summed E-state index contributed by atoms with van der Waals surface area (Å²) < 4.78 is 6.59. The van der Waals surface area contributed by atoms with Crippen LogP contribution in [-0.2, 0) is 9.53 Å². The van der Waals surface area contributed by atoms with Crippen molar-refractivity contribution in [2.24, 2.45) is 5.73 Å². The van der Waals surface area contributed by atoms with Crippen molar-refractivity contribution in [3.8, 4) is 0 Å². The third kappa shape index (κ3) is 1.94. The molecular weight excluding hydrogens is 282 g/mol. The number of fused-ring (bicyclic) bond motifs is 1. The lowest BCUT2D eigenvalue weighted by Gasteiger charge is -2.16. The molecule has 0 spiro atoms. The summed E-state index contributed by atoms with van der Waals surface area (Å²) in [5.74, 6) is -0.904. The number of amides is 1. The standard InChI is InChI=1S/C10H13N7O4/c11-6-2-8(16-10(13)15-6)17(1-14-2)9-4(19)3(18)5(21-9)7(12)20/h1,3-5,9,18-19H,(H2,12,20)(H4,11,13,15,16)/t3-,4+,5-,9+/m0/s1. The van der Waals surface area contributed by atoms with E-state index in [4.69, 9.17) is 21.9 Å². The minimum atomic E-state index is -1.46. The number of carbonyl (C=O) groups is 1. The van der Waals surface area contributed by atoms with Crippen LogP contribution in [-0.4, -0.2) is 54.0 Å². The Hall–Kier alpha value is -2.50. The zero-order valence-corrected chi connectivity index (χ0v) is 10.6. The Balaban J connectivity index is 2.07. The number of anilines is 2. The fourth-order valence-electron chi connectivity index (χ4n) is 2.27. The summed E-state index contributed by atoms with van der Waals surface area (Å²) in [4.78, 5) is 22.9. The molecule has 11 heteroatoms. The van der Waals surface area contributed by atoms with E-state index in [1.165, 1.54) is 10.9 Å². The average Bonchev–Trinajstić information content (AvgIpc) is 2.93. The molecule has 0 radical (unpaired) electrons. The summed E-state index contributed by atoms with van der Waals surface area (Å²) in [6.07, 6.45) is -3.99. The number of nitrogen functional groups attached to an aromatic ring is 2. The van der Waals surface area contributed by atoms with Crippen LogP contribution in [0.5, 0.6) is 0 Å². The Bertz CT molecular complexity index is 717. The molecule has 8 N–H and O–H groups in total. The van der Waals surface area contributed by atoms with Crippen molar-refractivity contribution in [2.45, 2.75) is 24.5 Å².